The average molecular weight is 305 g/mol. The number of carbonyl (C=O) groups excluding carboxylic acids is 1. The van der Waals surface area contributed by atoms with Gasteiger partial charge in [-0.2, -0.15) is 5.10 Å². The van der Waals surface area contributed by atoms with Crippen LogP contribution in [0, 0.1) is 0 Å². The molecule has 0 radical (unpaired) electrons. The zero-order valence-electron chi connectivity index (χ0n) is 11.6. The Morgan fingerprint density at radius 2 is 2.19 bits per heavy atom. The molecule has 108 valence electrons. The van der Waals surface area contributed by atoms with Crippen molar-refractivity contribution in [3.8, 4) is 11.4 Å². The fourth-order valence-corrected chi connectivity index (χ4v) is 2.42. The summed E-state index contributed by atoms with van der Waals surface area (Å²) in [5.74, 6) is -0.411. The summed E-state index contributed by atoms with van der Waals surface area (Å²) in [6.45, 7) is 2.07. The van der Waals surface area contributed by atoms with Gasteiger partial charge < -0.3 is 4.74 Å². The van der Waals surface area contributed by atoms with Crippen molar-refractivity contribution in [1.29, 1.82) is 0 Å². The number of aromatic nitrogens is 4. The van der Waals surface area contributed by atoms with E-state index in [2.05, 4.69) is 10.1 Å². The van der Waals surface area contributed by atoms with E-state index in [4.69, 9.17) is 16.3 Å². The van der Waals surface area contributed by atoms with Crippen molar-refractivity contribution >= 4 is 23.2 Å². The molecule has 0 atom stereocenters. The molecular weight excluding hydrogens is 292 g/mol. The van der Waals surface area contributed by atoms with Gasteiger partial charge in [-0.15, -0.1) is 0 Å². The molecule has 7 heteroatoms. The highest BCUT2D eigenvalue weighted by molar-refractivity contribution is 6.29. The molecule has 0 aliphatic carbocycles. The van der Waals surface area contributed by atoms with Crippen LogP contribution in [-0.4, -0.2) is 31.7 Å². The van der Waals surface area contributed by atoms with E-state index in [-0.39, 0.29) is 0 Å². The summed E-state index contributed by atoms with van der Waals surface area (Å²) in [6, 6.07) is 5.28. The molecule has 21 heavy (non-hydrogen) atoms. The van der Waals surface area contributed by atoms with Crippen LogP contribution in [0.1, 0.15) is 17.3 Å². The fourth-order valence-electron chi connectivity index (χ4n) is 2.24. The molecule has 0 aliphatic heterocycles. The third-order valence-corrected chi connectivity index (χ3v) is 3.36. The van der Waals surface area contributed by atoms with Gasteiger partial charge in [-0.1, -0.05) is 11.6 Å². The van der Waals surface area contributed by atoms with E-state index < -0.39 is 5.97 Å². The van der Waals surface area contributed by atoms with Crippen LogP contribution in [0.15, 0.2) is 30.6 Å². The molecule has 3 heterocycles. The maximum absolute atomic E-state index is 12.0. The lowest BCUT2D eigenvalue weighted by Crippen LogP contribution is -2.06. The van der Waals surface area contributed by atoms with E-state index in [0.29, 0.717) is 23.0 Å². The van der Waals surface area contributed by atoms with Gasteiger partial charge in [0.15, 0.2) is 5.65 Å². The Kier molecular flexibility index (Phi) is 3.39. The van der Waals surface area contributed by atoms with Crippen molar-refractivity contribution in [2.24, 2.45) is 7.05 Å². The molecule has 6 nitrogen and oxygen atoms in total. The van der Waals surface area contributed by atoms with E-state index in [1.165, 1.54) is 0 Å². The molecule has 0 aliphatic rings. The molecular formula is C14H13ClN4O2. The number of carbonyl (C=O) groups is 1. The van der Waals surface area contributed by atoms with Crippen LogP contribution in [0.4, 0.5) is 0 Å². The summed E-state index contributed by atoms with van der Waals surface area (Å²) in [7, 11) is 1.84. The van der Waals surface area contributed by atoms with Gasteiger partial charge in [0.1, 0.15) is 10.7 Å². The van der Waals surface area contributed by atoms with Gasteiger partial charge in [-0.05, 0) is 19.1 Å². The molecule has 0 amide bonds. The Morgan fingerprint density at radius 1 is 1.38 bits per heavy atom. The van der Waals surface area contributed by atoms with Gasteiger partial charge in [0.2, 0.25) is 0 Å². The van der Waals surface area contributed by atoms with Crippen molar-refractivity contribution in [2.45, 2.75) is 6.92 Å². The second kappa shape index (κ2) is 5.21. The predicted molar refractivity (Wildman–Crippen MR) is 78.4 cm³/mol. The summed E-state index contributed by atoms with van der Waals surface area (Å²) in [5, 5.41) is 4.46. The van der Waals surface area contributed by atoms with Crippen LogP contribution in [0.5, 0.6) is 0 Å². The number of hydrogen-bond donors (Lipinski definition) is 0. The number of nitrogens with zero attached hydrogens (tertiary/aromatic N) is 4. The molecule has 0 spiro atoms. The molecule has 3 aromatic rings. The van der Waals surface area contributed by atoms with Crippen LogP contribution < -0.4 is 0 Å². The Bertz CT molecular complexity index is 822. The fraction of sp³-hybridized carbons (Fsp3) is 0.214. The van der Waals surface area contributed by atoms with E-state index in [1.54, 1.807) is 40.5 Å². The molecule has 3 rings (SSSR count). The van der Waals surface area contributed by atoms with Crippen LogP contribution in [0.25, 0.3) is 17.0 Å². The number of ether oxygens (including phenoxy) is 1. The summed E-state index contributed by atoms with van der Waals surface area (Å²) < 4.78 is 8.57. The highest BCUT2D eigenvalue weighted by Crippen LogP contribution is 2.25. The monoisotopic (exact) mass is 304 g/mol. The summed E-state index contributed by atoms with van der Waals surface area (Å²) in [4.78, 5) is 16.2. The minimum Gasteiger partial charge on any atom is -0.462 e. The number of aryl methyl sites for hydroxylation is 1. The maximum Gasteiger partial charge on any atom is 0.341 e. The predicted octanol–water partition coefficient (Wildman–Crippen LogP) is 2.56. The van der Waals surface area contributed by atoms with Crippen LogP contribution >= 0.6 is 11.6 Å². The second-order valence-corrected chi connectivity index (χ2v) is 4.83. The quantitative estimate of drug-likeness (QED) is 0.551. The minimum atomic E-state index is -0.411. The molecule has 3 aromatic heterocycles. The second-order valence-electron chi connectivity index (χ2n) is 4.45. The number of rotatable bonds is 3. The number of hydrogen-bond acceptors (Lipinski definition) is 4. The third-order valence-electron chi connectivity index (χ3n) is 3.17. The molecule has 0 bridgehead atoms. The third kappa shape index (κ3) is 2.27. The van der Waals surface area contributed by atoms with Crippen molar-refractivity contribution < 1.29 is 9.53 Å². The first-order chi connectivity index (χ1) is 10.1. The van der Waals surface area contributed by atoms with E-state index in [0.717, 1.165) is 11.4 Å². The SMILES string of the molecule is CCOC(=O)c1ccn2c(-c3ccnn3C)cc(Cl)nc12. The molecule has 0 unspecified atom stereocenters. The van der Waals surface area contributed by atoms with Crippen molar-refractivity contribution in [1.82, 2.24) is 19.2 Å². The lowest BCUT2D eigenvalue weighted by atomic mass is 10.3. The summed E-state index contributed by atoms with van der Waals surface area (Å²) >= 11 is 6.10. The topological polar surface area (TPSA) is 61.4 Å². The molecule has 0 fully saturated rings. The van der Waals surface area contributed by atoms with Crippen molar-refractivity contribution in [2.75, 3.05) is 6.61 Å². The first-order valence-corrected chi connectivity index (χ1v) is 6.82. The first kappa shape index (κ1) is 13.6. The maximum atomic E-state index is 12.0. The molecule has 0 saturated heterocycles. The van der Waals surface area contributed by atoms with Gasteiger partial charge >= 0.3 is 5.97 Å². The van der Waals surface area contributed by atoms with E-state index in [1.807, 2.05) is 13.1 Å². The number of fused-ring (bicyclic) bond motifs is 1. The zero-order chi connectivity index (χ0) is 15.0. The Balaban J connectivity index is 2.24. The highest BCUT2D eigenvalue weighted by Gasteiger charge is 2.17. The Labute approximate surface area is 125 Å². The van der Waals surface area contributed by atoms with Gasteiger partial charge in [0.05, 0.1) is 18.0 Å². The summed E-state index contributed by atoms with van der Waals surface area (Å²) in [5.41, 5.74) is 2.54. The van der Waals surface area contributed by atoms with Gasteiger partial charge in [-0.25, -0.2) is 9.78 Å². The standard InChI is InChI=1S/C14H13ClN4O2/c1-3-21-14(20)9-5-7-19-11(8-12(15)17-13(9)19)10-4-6-16-18(10)2/h4-8H,3H2,1-2H3. The van der Waals surface area contributed by atoms with Gasteiger partial charge in [0, 0.05) is 25.5 Å². The molecule has 0 N–H and O–H groups in total. The van der Waals surface area contributed by atoms with Gasteiger partial charge in [-0.3, -0.25) is 9.08 Å². The van der Waals surface area contributed by atoms with Crippen LogP contribution in [0.3, 0.4) is 0 Å². The van der Waals surface area contributed by atoms with E-state index >= 15 is 0 Å². The normalized spacial score (nSPS) is 11.0. The van der Waals surface area contributed by atoms with Crippen molar-refractivity contribution in [3.05, 3.63) is 41.3 Å². The lowest BCUT2D eigenvalue weighted by molar-refractivity contribution is 0.0528. The smallest absolute Gasteiger partial charge is 0.341 e. The molecule has 0 saturated carbocycles. The number of esters is 1. The lowest BCUT2D eigenvalue weighted by Gasteiger charge is -2.08. The highest BCUT2D eigenvalue weighted by atomic mass is 35.5. The van der Waals surface area contributed by atoms with Crippen LogP contribution in [-0.2, 0) is 11.8 Å². The Morgan fingerprint density at radius 3 is 2.86 bits per heavy atom. The molecule has 0 aromatic carbocycles. The first-order valence-electron chi connectivity index (χ1n) is 6.45. The largest absolute Gasteiger partial charge is 0.462 e. The zero-order valence-corrected chi connectivity index (χ0v) is 12.3. The number of halogens is 1. The van der Waals surface area contributed by atoms with E-state index in [9.17, 15) is 4.79 Å². The minimum absolute atomic E-state index is 0.308. The van der Waals surface area contributed by atoms with Crippen LogP contribution in [0.2, 0.25) is 5.15 Å². The van der Waals surface area contributed by atoms with Gasteiger partial charge in [0.25, 0.3) is 0 Å². The average Bonchev–Trinajstić information content (AvgIpc) is 3.04. The summed E-state index contributed by atoms with van der Waals surface area (Å²) in [6.07, 6.45) is 3.47. The van der Waals surface area contributed by atoms with Crippen molar-refractivity contribution in [3.63, 3.8) is 0 Å². The Hall–Kier alpha value is -2.34.